The van der Waals surface area contributed by atoms with Crippen LogP contribution in [0.4, 0.5) is 0 Å². The van der Waals surface area contributed by atoms with Crippen molar-refractivity contribution in [3.63, 3.8) is 0 Å². The van der Waals surface area contributed by atoms with Gasteiger partial charge in [-0.2, -0.15) is 0 Å². The summed E-state index contributed by atoms with van der Waals surface area (Å²) >= 11 is 0. The van der Waals surface area contributed by atoms with Crippen molar-refractivity contribution >= 4 is 5.97 Å². The lowest BCUT2D eigenvalue weighted by atomic mass is 10.2. The lowest BCUT2D eigenvalue weighted by Crippen LogP contribution is -2.11. The quantitative estimate of drug-likeness (QED) is 0.495. The Balaban J connectivity index is 3.11. The molecule has 60 valence electrons. The molecule has 0 amide bonds. The maximum absolute atomic E-state index is 9.92. The van der Waals surface area contributed by atoms with E-state index in [2.05, 4.69) is 0 Å². The van der Waals surface area contributed by atoms with Gasteiger partial charge in [0.25, 0.3) is 0 Å². The van der Waals surface area contributed by atoms with E-state index in [1.54, 1.807) is 0 Å². The van der Waals surface area contributed by atoms with Crippen LogP contribution in [0.1, 0.15) is 19.3 Å². The van der Waals surface area contributed by atoms with E-state index in [0.717, 1.165) is 0 Å². The molecule has 0 saturated carbocycles. The van der Waals surface area contributed by atoms with Gasteiger partial charge in [0.2, 0.25) is 0 Å². The van der Waals surface area contributed by atoms with E-state index in [4.69, 9.17) is 15.3 Å². The highest BCUT2D eigenvalue weighted by Gasteiger charge is 2.02. The van der Waals surface area contributed by atoms with Crippen LogP contribution in [-0.2, 0) is 4.79 Å². The van der Waals surface area contributed by atoms with Crippen molar-refractivity contribution in [1.29, 1.82) is 0 Å². The van der Waals surface area contributed by atoms with Gasteiger partial charge in [-0.3, -0.25) is 4.79 Å². The molecule has 0 bridgehead atoms. The second-order valence-corrected chi connectivity index (χ2v) is 2.12. The highest BCUT2D eigenvalue weighted by molar-refractivity contribution is 5.66. The first-order valence-electron chi connectivity index (χ1n) is 3.17. The molecule has 0 radical (unpaired) electrons. The number of aliphatic hydroxyl groups is 2. The van der Waals surface area contributed by atoms with Crippen molar-refractivity contribution in [3.05, 3.63) is 0 Å². The van der Waals surface area contributed by atoms with Crippen LogP contribution < -0.4 is 0 Å². The molecule has 0 aliphatic heterocycles. The van der Waals surface area contributed by atoms with Gasteiger partial charge >= 0.3 is 5.97 Å². The van der Waals surface area contributed by atoms with Gasteiger partial charge in [0.05, 0.1) is 12.7 Å². The van der Waals surface area contributed by atoms with Crippen LogP contribution in [0.2, 0.25) is 0 Å². The average Bonchev–Trinajstić information content (AvgIpc) is 1.87. The second-order valence-electron chi connectivity index (χ2n) is 2.12. The van der Waals surface area contributed by atoms with E-state index in [-0.39, 0.29) is 13.0 Å². The third kappa shape index (κ3) is 5.53. The molecule has 0 fully saturated rings. The number of rotatable bonds is 5. The molecule has 4 nitrogen and oxygen atoms in total. The first-order valence-corrected chi connectivity index (χ1v) is 3.17. The van der Waals surface area contributed by atoms with Crippen LogP contribution in [-0.4, -0.2) is 34.0 Å². The molecule has 0 aromatic rings. The molecule has 0 aromatic heterocycles. The molecule has 0 unspecified atom stereocenters. The van der Waals surface area contributed by atoms with Gasteiger partial charge in [-0.05, 0) is 12.8 Å². The summed E-state index contributed by atoms with van der Waals surface area (Å²) in [5, 5.41) is 25.2. The fourth-order valence-electron chi connectivity index (χ4n) is 0.580. The predicted octanol–water partition coefficient (Wildman–Crippen LogP) is -0.406. The molecule has 3 N–H and O–H groups in total. The standard InChI is InChI=1S/C6H12O4/c7-4-5(8)2-1-3-6(9)10/h5,7-8H,1-4H2,(H,9,10)/t5-/m1/s1. The maximum atomic E-state index is 9.92. The minimum Gasteiger partial charge on any atom is -0.481 e. The van der Waals surface area contributed by atoms with Gasteiger partial charge < -0.3 is 15.3 Å². The zero-order chi connectivity index (χ0) is 7.98. The number of hydrogen-bond donors (Lipinski definition) is 3. The maximum Gasteiger partial charge on any atom is 0.303 e. The van der Waals surface area contributed by atoms with Gasteiger partial charge in [0.15, 0.2) is 0 Å². The third-order valence-corrected chi connectivity index (χ3v) is 1.14. The molecule has 0 aliphatic carbocycles. The summed E-state index contributed by atoms with van der Waals surface area (Å²) in [5.74, 6) is -0.870. The van der Waals surface area contributed by atoms with Crippen LogP contribution in [0, 0.1) is 0 Å². The van der Waals surface area contributed by atoms with Crippen molar-refractivity contribution < 1.29 is 20.1 Å². The van der Waals surface area contributed by atoms with Crippen molar-refractivity contribution in [1.82, 2.24) is 0 Å². The summed E-state index contributed by atoms with van der Waals surface area (Å²) in [7, 11) is 0. The fourth-order valence-corrected chi connectivity index (χ4v) is 0.580. The SMILES string of the molecule is O=C(O)CCC[C@@H](O)CO. The number of hydrogen-bond acceptors (Lipinski definition) is 3. The van der Waals surface area contributed by atoms with Crippen LogP contribution in [0.3, 0.4) is 0 Å². The van der Waals surface area contributed by atoms with Crippen molar-refractivity contribution in [2.24, 2.45) is 0 Å². The average molecular weight is 148 g/mol. The summed E-state index contributed by atoms with van der Waals surface area (Å²) in [6, 6.07) is 0. The van der Waals surface area contributed by atoms with Crippen LogP contribution >= 0.6 is 0 Å². The summed E-state index contributed by atoms with van der Waals surface area (Å²) in [6.07, 6.45) is 0.0519. The van der Waals surface area contributed by atoms with Crippen LogP contribution in [0.15, 0.2) is 0 Å². The van der Waals surface area contributed by atoms with E-state index in [0.29, 0.717) is 12.8 Å². The number of aliphatic hydroxyl groups excluding tert-OH is 2. The minimum atomic E-state index is -0.870. The Morgan fingerprint density at radius 2 is 2.10 bits per heavy atom. The Bertz CT molecular complexity index is 102. The first kappa shape index (κ1) is 9.39. The molecule has 0 saturated heterocycles. The fraction of sp³-hybridized carbons (Fsp3) is 0.833. The lowest BCUT2D eigenvalue weighted by Gasteiger charge is -2.03. The van der Waals surface area contributed by atoms with Crippen molar-refractivity contribution in [2.75, 3.05) is 6.61 Å². The highest BCUT2D eigenvalue weighted by atomic mass is 16.4. The number of carboxylic acid groups (broad SMARTS) is 1. The molecule has 1 atom stereocenters. The zero-order valence-electron chi connectivity index (χ0n) is 5.66. The third-order valence-electron chi connectivity index (χ3n) is 1.14. The zero-order valence-corrected chi connectivity index (χ0v) is 5.66. The van der Waals surface area contributed by atoms with Gasteiger partial charge in [0.1, 0.15) is 0 Å². The summed E-state index contributed by atoms with van der Waals surface area (Å²) < 4.78 is 0. The van der Waals surface area contributed by atoms with E-state index in [1.165, 1.54) is 0 Å². The largest absolute Gasteiger partial charge is 0.481 e. The van der Waals surface area contributed by atoms with Gasteiger partial charge in [-0.25, -0.2) is 0 Å². The molecule has 4 heteroatoms. The molecule has 10 heavy (non-hydrogen) atoms. The molecule has 0 rings (SSSR count). The number of carboxylic acids is 1. The number of aliphatic carboxylic acids is 1. The molecule has 0 aliphatic rings. The Hall–Kier alpha value is -0.610. The molecule has 0 spiro atoms. The topological polar surface area (TPSA) is 77.8 Å². The van der Waals surface area contributed by atoms with Crippen molar-refractivity contribution in [3.8, 4) is 0 Å². The van der Waals surface area contributed by atoms with Crippen LogP contribution in [0.25, 0.3) is 0 Å². The van der Waals surface area contributed by atoms with Gasteiger partial charge in [-0.15, -0.1) is 0 Å². The molecule has 0 heterocycles. The minimum absolute atomic E-state index is 0.0526. The predicted molar refractivity (Wildman–Crippen MR) is 34.6 cm³/mol. The van der Waals surface area contributed by atoms with Crippen molar-refractivity contribution in [2.45, 2.75) is 25.4 Å². The Morgan fingerprint density at radius 3 is 2.50 bits per heavy atom. The van der Waals surface area contributed by atoms with Crippen LogP contribution in [0.5, 0.6) is 0 Å². The van der Waals surface area contributed by atoms with E-state index >= 15 is 0 Å². The Morgan fingerprint density at radius 1 is 1.50 bits per heavy atom. The first-order chi connectivity index (χ1) is 4.66. The van der Waals surface area contributed by atoms with E-state index in [1.807, 2.05) is 0 Å². The smallest absolute Gasteiger partial charge is 0.303 e. The highest BCUT2D eigenvalue weighted by Crippen LogP contribution is 1.99. The summed E-state index contributed by atoms with van der Waals surface area (Å²) in [5.41, 5.74) is 0. The van der Waals surface area contributed by atoms with E-state index < -0.39 is 12.1 Å². The molecular formula is C6H12O4. The summed E-state index contributed by atoms with van der Waals surface area (Å²) in [4.78, 5) is 9.92. The lowest BCUT2D eigenvalue weighted by molar-refractivity contribution is -0.137. The van der Waals surface area contributed by atoms with Gasteiger partial charge in [0, 0.05) is 6.42 Å². The Labute approximate surface area is 59.1 Å². The van der Waals surface area contributed by atoms with Gasteiger partial charge in [-0.1, -0.05) is 0 Å². The number of carbonyl (C=O) groups is 1. The normalized spacial score (nSPS) is 13.0. The second kappa shape index (κ2) is 5.20. The monoisotopic (exact) mass is 148 g/mol. The summed E-state index contributed by atoms with van der Waals surface area (Å²) in [6.45, 7) is -0.292. The molecule has 0 aromatic carbocycles. The Kier molecular flexibility index (Phi) is 4.88. The molecular weight excluding hydrogens is 136 g/mol. The van der Waals surface area contributed by atoms with E-state index in [9.17, 15) is 4.79 Å².